The lowest BCUT2D eigenvalue weighted by Crippen LogP contribution is -2.48. The van der Waals surface area contributed by atoms with Crippen LogP contribution in [0.25, 0.3) is 11.5 Å². The van der Waals surface area contributed by atoms with Crippen LogP contribution in [0.3, 0.4) is 0 Å². The van der Waals surface area contributed by atoms with E-state index >= 15 is 0 Å². The molecule has 2 atom stereocenters. The van der Waals surface area contributed by atoms with Gasteiger partial charge in [-0.05, 0) is 25.0 Å². The van der Waals surface area contributed by atoms with Gasteiger partial charge in [-0.2, -0.15) is 0 Å². The van der Waals surface area contributed by atoms with E-state index < -0.39 is 0 Å². The zero-order chi connectivity index (χ0) is 14.7. The normalized spacial score (nSPS) is 22.5. The number of rotatable bonds is 5. The van der Waals surface area contributed by atoms with Gasteiger partial charge >= 0.3 is 0 Å². The van der Waals surface area contributed by atoms with Gasteiger partial charge in [0.1, 0.15) is 0 Å². The van der Waals surface area contributed by atoms with E-state index in [1.807, 2.05) is 18.2 Å². The van der Waals surface area contributed by atoms with Crippen LogP contribution in [-0.2, 0) is 11.3 Å². The van der Waals surface area contributed by atoms with Crippen molar-refractivity contribution in [1.29, 1.82) is 0 Å². The summed E-state index contributed by atoms with van der Waals surface area (Å²) in [5, 5.41) is 4.13. The van der Waals surface area contributed by atoms with E-state index in [1.165, 1.54) is 0 Å². The van der Waals surface area contributed by atoms with Crippen LogP contribution in [0.1, 0.15) is 18.5 Å². The molecule has 1 aliphatic heterocycles. The largest absolute Gasteiger partial charge is 0.461 e. The lowest BCUT2D eigenvalue weighted by atomic mass is 9.99. The molecular weight excluding hydrogens is 306 g/mol. The monoisotopic (exact) mass is 327 g/mol. The Morgan fingerprint density at radius 2 is 2.32 bits per heavy atom. The Morgan fingerprint density at radius 1 is 1.45 bits per heavy atom. The highest BCUT2D eigenvalue weighted by molar-refractivity contribution is 5.85. The fourth-order valence-electron chi connectivity index (χ4n) is 2.86. The van der Waals surface area contributed by atoms with Crippen LogP contribution in [0.15, 0.2) is 33.4 Å². The third-order valence-corrected chi connectivity index (χ3v) is 4.08. The minimum atomic E-state index is 0. The quantitative estimate of drug-likeness (QED) is 0.908. The van der Waals surface area contributed by atoms with E-state index in [1.54, 1.807) is 13.4 Å². The van der Waals surface area contributed by atoms with Gasteiger partial charge in [-0.15, -0.1) is 12.4 Å². The topological polar surface area (TPSA) is 77.7 Å². The molecule has 3 heterocycles. The summed E-state index contributed by atoms with van der Waals surface area (Å²) in [5.74, 6) is 1.35. The van der Waals surface area contributed by atoms with Gasteiger partial charge in [0, 0.05) is 38.9 Å². The van der Waals surface area contributed by atoms with Gasteiger partial charge < -0.3 is 19.4 Å². The average Bonchev–Trinajstić information content (AvgIpc) is 3.18. The van der Waals surface area contributed by atoms with Crippen LogP contribution in [0.2, 0.25) is 0 Å². The van der Waals surface area contributed by atoms with Crippen molar-refractivity contribution in [1.82, 2.24) is 10.1 Å². The molecule has 7 heteroatoms. The Kier molecular flexibility index (Phi) is 6.02. The number of hydrogen-bond donors (Lipinski definition) is 1. The zero-order valence-electron chi connectivity index (χ0n) is 12.6. The molecule has 1 saturated heterocycles. The highest BCUT2D eigenvalue weighted by Gasteiger charge is 2.28. The van der Waals surface area contributed by atoms with Gasteiger partial charge in [0.15, 0.2) is 5.76 Å². The zero-order valence-corrected chi connectivity index (χ0v) is 13.4. The maximum Gasteiger partial charge on any atom is 0.202 e. The molecule has 2 aromatic heterocycles. The van der Waals surface area contributed by atoms with Crippen LogP contribution in [0, 0.1) is 0 Å². The van der Waals surface area contributed by atoms with E-state index in [0.29, 0.717) is 30.2 Å². The lowest BCUT2D eigenvalue weighted by molar-refractivity contribution is 0.00950. The van der Waals surface area contributed by atoms with Crippen molar-refractivity contribution in [3.63, 3.8) is 0 Å². The van der Waals surface area contributed by atoms with E-state index in [2.05, 4.69) is 10.1 Å². The standard InChI is InChI=1S/C15H21N3O3.ClH/c1-19-13-4-5-18(12(8-13)9-16)10-11-7-15(21-17-11)14-3-2-6-20-14;/h2-3,6-7,12-13H,4-5,8-10,16H2,1H3;1H. The fraction of sp³-hybridized carbons (Fsp3) is 0.533. The highest BCUT2D eigenvalue weighted by atomic mass is 35.5. The van der Waals surface area contributed by atoms with E-state index in [9.17, 15) is 0 Å². The first kappa shape index (κ1) is 17.0. The number of furan rings is 1. The Labute approximate surface area is 136 Å². The molecule has 0 saturated carbocycles. The number of hydrogen-bond acceptors (Lipinski definition) is 6. The number of ether oxygens (including phenoxy) is 1. The molecule has 22 heavy (non-hydrogen) atoms. The number of nitrogens with two attached hydrogens (primary N) is 1. The predicted molar refractivity (Wildman–Crippen MR) is 84.7 cm³/mol. The summed E-state index contributed by atoms with van der Waals surface area (Å²) in [4.78, 5) is 2.35. The van der Waals surface area contributed by atoms with Gasteiger partial charge in [-0.1, -0.05) is 5.16 Å². The van der Waals surface area contributed by atoms with Crippen molar-refractivity contribution in [2.24, 2.45) is 5.73 Å². The second-order valence-corrected chi connectivity index (χ2v) is 5.40. The molecule has 2 unspecified atom stereocenters. The van der Waals surface area contributed by atoms with Crippen molar-refractivity contribution in [3.8, 4) is 11.5 Å². The van der Waals surface area contributed by atoms with Crippen LogP contribution in [-0.4, -0.2) is 42.4 Å². The maximum absolute atomic E-state index is 5.89. The van der Waals surface area contributed by atoms with E-state index in [-0.39, 0.29) is 12.4 Å². The maximum atomic E-state index is 5.89. The van der Waals surface area contributed by atoms with Crippen LogP contribution >= 0.6 is 12.4 Å². The summed E-state index contributed by atoms with van der Waals surface area (Å²) in [6.45, 7) is 2.33. The van der Waals surface area contributed by atoms with Gasteiger partial charge in [0.2, 0.25) is 5.76 Å². The Balaban J connectivity index is 0.00000176. The molecule has 0 bridgehead atoms. The van der Waals surface area contributed by atoms with Gasteiger partial charge in [0.25, 0.3) is 0 Å². The third kappa shape index (κ3) is 3.70. The Hall–Kier alpha value is -1.34. The van der Waals surface area contributed by atoms with E-state index in [0.717, 1.165) is 31.6 Å². The van der Waals surface area contributed by atoms with Crippen LogP contribution in [0.4, 0.5) is 0 Å². The summed E-state index contributed by atoms with van der Waals surface area (Å²) < 4.78 is 16.1. The van der Waals surface area contributed by atoms with Crippen molar-refractivity contribution < 1.29 is 13.7 Å². The molecule has 6 nitrogen and oxygen atoms in total. The second kappa shape index (κ2) is 7.78. The number of aromatic nitrogens is 1. The third-order valence-electron chi connectivity index (χ3n) is 4.08. The summed E-state index contributed by atoms with van der Waals surface area (Å²) in [5.41, 5.74) is 6.79. The molecule has 2 N–H and O–H groups in total. The van der Waals surface area contributed by atoms with Gasteiger partial charge in [-0.25, -0.2) is 0 Å². The molecule has 1 aliphatic rings. The summed E-state index contributed by atoms with van der Waals surface area (Å²) in [7, 11) is 1.77. The van der Waals surface area contributed by atoms with Crippen molar-refractivity contribution >= 4 is 12.4 Å². The molecule has 0 amide bonds. The molecule has 1 fully saturated rings. The summed E-state index contributed by atoms with van der Waals surface area (Å²) >= 11 is 0. The molecule has 2 aromatic rings. The number of likely N-dealkylation sites (tertiary alicyclic amines) is 1. The number of methoxy groups -OCH3 is 1. The number of halogens is 1. The van der Waals surface area contributed by atoms with Crippen LogP contribution < -0.4 is 5.73 Å². The molecule has 0 radical (unpaired) electrons. The first-order chi connectivity index (χ1) is 10.3. The molecular formula is C15H22ClN3O3. The first-order valence-electron chi connectivity index (χ1n) is 7.26. The molecule has 3 rings (SSSR count). The summed E-state index contributed by atoms with van der Waals surface area (Å²) in [6.07, 6.45) is 3.93. The first-order valence-corrected chi connectivity index (χ1v) is 7.26. The minimum absolute atomic E-state index is 0. The van der Waals surface area contributed by atoms with Crippen molar-refractivity contribution in [2.75, 3.05) is 20.2 Å². The fourth-order valence-corrected chi connectivity index (χ4v) is 2.86. The Bertz CT molecular complexity index is 558. The molecule has 0 aromatic carbocycles. The SMILES string of the molecule is COC1CCN(Cc2cc(-c3ccco3)on2)C(CN)C1.Cl. The lowest BCUT2D eigenvalue weighted by Gasteiger charge is -2.37. The molecule has 122 valence electrons. The van der Waals surface area contributed by atoms with Crippen LogP contribution in [0.5, 0.6) is 0 Å². The number of nitrogens with zero attached hydrogens (tertiary/aromatic N) is 2. The van der Waals surface area contributed by atoms with Crippen molar-refractivity contribution in [3.05, 3.63) is 30.2 Å². The number of piperidine rings is 1. The average molecular weight is 328 g/mol. The summed E-state index contributed by atoms with van der Waals surface area (Å²) in [6, 6.07) is 5.94. The predicted octanol–water partition coefficient (Wildman–Crippen LogP) is 2.29. The highest BCUT2D eigenvalue weighted by Crippen LogP contribution is 2.24. The molecule has 0 aliphatic carbocycles. The van der Waals surface area contributed by atoms with Gasteiger partial charge in [-0.3, -0.25) is 4.90 Å². The molecule has 0 spiro atoms. The minimum Gasteiger partial charge on any atom is -0.461 e. The smallest absolute Gasteiger partial charge is 0.202 e. The Morgan fingerprint density at radius 3 is 3.00 bits per heavy atom. The van der Waals surface area contributed by atoms with Gasteiger partial charge in [0.05, 0.1) is 18.1 Å². The van der Waals surface area contributed by atoms with E-state index in [4.69, 9.17) is 19.4 Å². The van der Waals surface area contributed by atoms with Crippen molar-refractivity contribution in [2.45, 2.75) is 31.5 Å². The second-order valence-electron chi connectivity index (χ2n) is 5.40.